The summed E-state index contributed by atoms with van der Waals surface area (Å²) in [6.07, 6.45) is 2.44. The van der Waals surface area contributed by atoms with Gasteiger partial charge in [-0.3, -0.25) is 4.90 Å². The van der Waals surface area contributed by atoms with Crippen molar-refractivity contribution in [2.75, 3.05) is 26.3 Å². The van der Waals surface area contributed by atoms with Crippen LogP contribution < -0.4 is 5.73 Å². The van der Waals surface area contributed by atoms with E-state index in [4.69, 9.17) is 10.5 Å². The van der Waals surface area contributed by atoms with Gasteiger partial charge in [-0.05, 0) is 18.8 Å². The average Bonchev–Trinajstić information content (AvgIpc) is 2.59. The maximum Gasteiger partial charge on any atom is 0.0624 e. The van der Waals surface area contributed by atoms with Crippen LogP contribution in [0.25, 0.3) is 0 Å². The van der Waals surface area contributed by atoms with Gasteiger partial charge in [0, 0.05) is 30.6 Å². The smallest absolute Gasteiger partial charge is 0.0624 e. The molecule has 0 saturated carbocycles. The summed E-state index contributed by atoms with van der Waals surface area (Å²) in [5, 5.41) is 0. The highest BCUT2D eigenvalue weighted by Crippen LogP contribution is 2.30. The molecule has 0 radical (unpaired) electrons. The molecule has 0 aromatic carbocycles. The number of nitrogens with two attached hydrogens (primary N) is 1. The lowest BCUT2D eigenvalue weighted by Crippen LogP contribution is -2.50. The highest BCUT2D eigenvalue weighted by atomic mass is 16.5. The number of hydrogen-bond acceptors (Lipinski definition) is 3. The molecular weight excluding hydrogens is 224 g/mol. The van der Waals surface area contributed by atoms with Crippen LogP contribution in [0.4, 0.5) is 0 Å². The zero-order valence-electron chi connectivity index (χ0n) is 12.9. The first kappa shape index (κ1) is 15.9. The summed E-state index contributed by atoms with van der Waals surface area (Å²) >= 11 is 0. The Labute approximate surface area is 113 Å². The number of ether oxygens (including phenoxy) is 1. The first-order valence-corrected chi connectivity index (χ1v) is 7.50. The molecule has 0 spiro atoms. The molecule has 0 aromatic rings. The molecule has 2 N–H and O–H groups in total. The highest BCUT2D eigenvalue weighted by Gasteiger charge is 2.39. The Kier molecular flexibility index (Phi) is 6.09. The second kappa shape index (κ2) is 6.88. The van der Waals surface area contributed by atoms with Crippen LogP contribution in [-0.4, -0.2) is 43.3 Å². The zero-order valence-corrected chi connectivity index (χ0v) is 12.9. The minimum Gasteiger partial charge on any atom is -0.379 e. The molecule has 0 aliphatic carbocycles. The van der Waals surface area contributed by atoms with Gasteiger partial charge in [-0.1, -0.05) is 34.6 Å². The van der Waals surface area contributed by atoms with E-state index in [1.165, 1.54) is 12.8 Å². The Balaban J connectivity index is 2.70. The van der Waals surface area contributed by atoms with Gasteiger partial charge >= 0.3 is 0 Å². The molecule has 108 valence electrons. The van der Waals surface area contributed by atoms with Crippen molar-refractivity contribution in [1.29, 1.82) is 0 Å². The maximum atomic E-state index is 6.22. The molecule has 1 rings (SSSR count). The van der Waals surface area contributed by atoms with Gasteiger partial charge < -0.3 is 10.5 Å². The quantitative estimate of drug-likeness (QED) is 0.760. The molecule has 0 bridgehead atoms. The van der Waals surface area contributed by atoms with Crippen molar-refractivity contribution in [3.05, 3.63) is 0 Å². The first-order valence-electron chi connectivity index (χ1n) is 7.50. The van der Waals surface area contributed by atoms with Crippen LogP contribution in [0.15, 0.2) is 0 Å². The van der Waals surface area contributed by atoms with Crippen molar-refractivity contribution in [2.24, 2.45) is 17.1 Å². The second-order valence-corrected chi connectivity index (χ2v) is 6.57. The fraction of sp³-hybridized carbons (Fsp3) is 1.00. The van der Waals surface area contributed by atoms with Crippen LogP contribution in [0.3, 0.4) is 0 Å². The number of hydrogen-bond donors (Lipinski definition) is 1. The summed E-state index contributed by atoms with van der Waals surface area (Å²) in [5.74, 6) is 0.702. The second-order valence-electron chi connectivity index (χ2n) is 6.57. The molecule has 1 fully saturated rings. The van der Waals surface area contributed by atoms with E-state index in [1.54, 1.807) is 0 Å². The van der Waals surface area contributed by atoms with Crippen molar-refractivity contribution in [2.45, 2.75) is 59.5 Å². The largest absolute Gasteiger partial charge is 0.379 e. The Morgan fingerprint density at radius 3 is 2.33 bits per heavy atom. The molecule has 1 saturated heterocycles. The van der Waals surface area contributed by atoms with Crippen molar-refractivity contribution in [3.63, 3.8) is 0 Å². The summed E-state index contributed by atoms with van der Waals surface area (Å²) in [4.78, 5) is 2.64. The third kappa shape index (κ3) is 3.94. The minimum atomic E-state index is 0.123. The van der Waals surface area contributed by atoms with E-state index < -0.39 is 0 Å². The van der Waals surface area contributed by atoms with Crippen LogP contribution in [0.1, 0.15) is 47.5 Å². The molecule has 1 aliphatic rings. The lowest BCUT2D eigenvalue weighted by atomic mass is 9.84. The van der Waals surface area contributed by atoms with Gasteiger partial charge in [0.25, 0.3) is 0 Å². The summed E-state index contributed by atoms with van der Waals surface area (Å²) < 4.78 is 5.57. The SMILES string of the molecule is CCC(CC)N(CC(C)C)CC1(C)COCC1N. The number of nitrogens with zero attached hydrogens (tertiary/aromatic N) is 1. The van der Waals surface area contributed by atoms with E-state index >= 15 is 0 Å². The van der Waals surface area contributed by atoms with E-state index in [0.717, 1.165) is 26.3 Å². The van der Waals surface area contributed by atoms with Gasteiger partial charge in [0.1, 0.15) is 0 Å². The summed E-state index contributed by atoms with van der Waals surface area (Å²) in [5.41, 5.74) is 6.35. The van der Waals surface area contributed by atoms with Crippen LogP contribution in [-0.2, 0) is 4.74 Å². The predicted octanol–water partition coefficient (Wildman–Crippen LogP) is 2.50. The van der Waals surface area contributed by atoms with Crippen LogP contribution in [0.2, 0.25) is 0 Å². The fourth-order valence-electron chi connectivity index (χ4n) is 2.97. The van der Waals surface area contributed by atoms with Crippen LogP contribution >= 0.6 is 0 Å². The lowest BCUT2D eigenvalue weighted by Gasteiger charge is -2.39. The maximum absolute atomic E-state index is 6.22. The van der Waals surface area contributed by atoms with Gasteiger partial charge in [-0.15, -0.1) is 0 Å². The highest BCUT2D eigenvalue weighted by molar-refractivity contribution is 4.93. The van der Waals surface area contributed by atoms with Crippen molar-refractivity contribution in [3.8, 4) is 0 Å². The molecule has 18 heavy (non-hydrogen) atoms. The summed E-state index contributed by atoms with van der Waals surface area (Å²) in [6, 6.07) is 0.860. The molecule has 2 atom stereocenters. The average molecular weight is 256 g/mol. The molecule has 1 heterocycles. The normalized spacial score (nSPS) is 28.8. The van der Waals surface area contributed by atoms with Gasteiger partial charge in [0.15, 0.2) is 0 Å². The topological polar surface area (TPSA) is 38.5 Å². The first-order chi connectivity index (χ1) is 8.42. The van der Waals surface area contributed by atoms with Crippen molar-refractivity contribution >= 4 is 0 Å². The lowest BCUT2D eigenvalue weighted by molar-refractivity contribution is 0.0803. The predicted molar refractivity (Wildman–Crippen MR) is 77.7 cm³/mol. The van der Waals surface area contributed by atoms with E-state index in [9.17, 15) is 0 Å². The van der Waals surface area contributed by atoms with Gasteiger partial charge in [0.2, 0.25) is 0 Å². The van der Waals surface area contributed by atoms with Gasteiger partial charge in [-0.2, -0.15) is 0 Å². The third-order valence-corrected chi connectivity index (χ3v) is 4.25. The monoisotopic (exact) mass is 256 g/mol. The Bertz CT molecular complexity index is 241. The van der Waals surface area contributed by atoms with E-state index in [1.807, 2.05) is 0 Å². The van der Waals surface area contributed by atoms with E-state index in [0.29, 0.717) is 12.0 Å². The van der Waals surface area contributed by atoms with Gasteiger partial charge in [-0.25, -0.2) is 0 Å². The Morgan fingerprint density at radius 2 is 1.94 bits per heavy atom. The molecule has 3 heteroatoms. The molecule has 1 aliphatic heterocycles. The standard InChI is InChI=1S/C15H32N2O/c1-6-13(7-2)17(8-12(3)4)10-15(5)11-18-9-14(15)16/h12-14H,6-11,16H2,1-5H3. The minimum absolute atomic E-state index is 0.123. The van der Waals surface area contributed by atoms with Crippen molar-refractivity contribution < 1.29 is 4.74 Å². The molecule has 0 amide bonds. The third-order valence-electron chi connectivity index (χ3n) is 4.25. The molecule has 3 nitrogen and oxygen atoms in total. The van der Waals surface area contributed by atoms with E-state index in [2.05, 4.69) is 39.5 Å². The number of rotatable bonds is 7. The fourth-order valence-corrected chi connectivity index (χ4v) is 2.97. The van der Waals surface area contributed by atoms with Crippen LogP contribution in [0.5, 0.6) is 0 Å². The zero-order chi connectivity index (χ0) is 13.8. The Morgan fingerprint density at radius 1 is 1.33 bits per heavy atom. The molecular formula is C15H32N2O. The summed E-state index contributed by atoms with van der Waals surface area (Å²) in [6.45, 7) is 15.2. The van der Waals surface area contributed by atoms with Gasteiger partial charge in [0.05, 0.1) is 13.2 Å². The van der Waals surface area contributed by atoms with Crippen molar-refractivity contribution in [1.82, 2.24) is 4.90 Å². The Hall–Kier alpha value is -0.120. The van der Waals surface area contributed by atoms with Crippen LogP contribution in [0, 0.1) is 11.3 Å². The molecule has 2 unspecified atom stereocenters. The molecule has 0 aromatic heterocycles. The summed E-state index contributed by atoms with van der Waals surface area (Å²) in [7, 11) is 0. The van der Waals surface area contributed by atoms with E-state index in [-0.39, 0.29) is 11.5 Å².